The number of nitrogens with one attached hydrogen (secondary N) is 1. The fraction of sp³-hybridized carbons (Fsp3) is 0.321. The fourth-order valence-electron chi connectivity index (χ4n) is 4.45. The van der Waals surface area contributed by atoms with Crippen LogP contribution in [-0.4, -0.2) is 60.3 Å². The molecule has 1 aliphatic rings. The van der Waals surface area contributed by atoms with Gasteiger partial charge in [0.15, 0.2) is 0 Å². The number of para-hydroxylation sites is 1. The van der Waals surface area contributed by atoms with Gasteiger partial charge in [0.2, 0.25) is 15.9 Å². The standard InChI is InChI=1S/C28H33N3O6S2/c1-22-10-15-26(37-2)27(20-22)39(35,36)31(24-8-4-3-5-9-24)21-28(32)29-17-16-23-11-13-25(14-12-23)38(33,34)30-18-6-7-19-30/h3-5,8-15,20H,6-7,16-19,21H2,1-2H3,(H,29,32). The predicted octanol–water partition coefficient (Wildman–Crippen LogP) is 3.34. The van der Waals surface area contributed by atoms with E-state index in [4.69, 9.17) is 4.74 Å². The van der Waals surface area contributed by atoms with E-state index >= 15 is 0 Å². The Morgan fingerprint density at radius 3 is 2.26 bits per heavy atom. The number of nitrogens with zero attached hydrogens (tertiary/aromatic N) is 2. The molecular weight excluding hydrogens is 538 g/mol. The Labute approximate surface area is 230 Å². The highest BCUT2D eigenvalue weighted by atomic mass is 32.2. The van der Waals surface area contributed by atoms with E-state index in [1.165, 1.54) is 17.5 Å². The lowest BCUT2D eigenvalue weighted by Crippen LogP contribution is -2.41. The molecule has 11 heteroatoms. The van der Waals surface area contributed by atoms with Crippen molar-refractivity contribution in [3.63, 3.8) is 0 Å². The summed E-state index contributed by atoms with van der Waals surface area (Å²) < 4.78 is 60.7. The van der Waals surface area contributed by atoms with E-state index in [2.05, 4.69) is 5.32 Å². The average molecular weight is 572 g/mol. The molecular formula is C28H33N3O6S2. The lowest BCUT2D eigenvalue weighted by atomic mass is 10.1. The van der Waals surface area contributed by atoms with E-state index in [1.54, 1.807) is 73.7 Å². The number of ether oxygens (including phenoxy) is 1. The van der Waals surface area contributed by atoms with Crippen molar-refractivity contribution >= 4 is 31.6 Å². The van der Waals surface area contributed by atoms with E-state index in [9.17, 15) is 21.6 Å². The van der Waals surface area contributed by atoms with Gasteiger partial charge in [0, 0.05) is 19.6 Å². The second-order valence-electron chi connectivity index (χ2n) is 9.36. The molecule has 1 heterocycles. The molecule has 0 saturated carbocycles. The van der Waals surface area contributed by atoms with Gasteiger partial charge < -0.3 is 10.1 Å². The van der Waals surface area contributed by atoms with Crippen LogP contribution in [0.25, 0.3) is 0 Å². The monoisotopic (exact) mass is 571 g/mol. The van der Waals surface area contributed by atoms with Gasteiger partial charge in [0.25, 0.3) is 10.0 Å². The van der Waals surface area contributed by atoms with Crippen molar-refractivity contribution in [2.45, 2.75) is 36.0 Å². The van der Waals surface area contributed by atoms with Crippen LogP contribution in [-0.2, 0) is 31.3 Å². The minimum atomic E-state index is -4.13. The van der Waals surface area contributed by atoms with Crippen molar-refractivity contribution in [2.75, 3.05) is 37.6 Å². The molecule has 1 N–H and O–H groups in total. The number of carbonyl (C=O) groups excluding carboxylic acids is 1. The number of benzene rings is 3. The first-order valence-electron chi connectivity index (χ1n) is 12.7. The zero-order valence-electron chi connectivity index (χ0n) is 22.0. The number of hydrogen-bond donors (Lipinski definition) is 1. The highest BCUT2D eigenvalue weighted by Crippen LogP contribution is 2.30. The molecule has 3 aromatic carbocycles. The van der Waals surface area contributed by atoms with Crippen molar-refractivity contribution in [1.82, 2.24) is 9.62 Å². The third-order valence-corrected chi connectivity index (χ3v) is 10.3. The van der Waals surface area contributed by atoms with Crippen molar-refractivity contribution in [3.8, 4) is 5.75 Å². The SMILES string of the molecule is COc1ccc(C)cc1S(=O)(=O)N(CC(=O)NCCc1ccc(S(=O)(=O)N2CCCC2)cc1)c1ccccc1. The average Bonchev–Trinajstić information content (AvgIpc) is 3.49. The first kappa shape index (κ1) is 28.6. The molecule has 0 aromatic heterocycles. The van der Waals surface area contributed by atoms with Gasteiger partial charge in [-0.1, -0.05) is 36.4 Å². The van der Waals surface area contributed by atoms with Gasteiger partial charge in [-0.2, -0.15) is 4.31 Å². The largest absolute Gasteiger partial charge is 0.495 e. The number of aryl methyl sites for hydroxylation is 1. The van der Waals surface area contributed by atoms with E-state index in [-0.39, 0.29) is 22.1 Å². The van der Waals surface area contributed by atoms with Gasteiger partial charge in [0.1, 0.15) is 17.2 Å². The molecule has 4 rings (SSSR count). The summed E-state index contributed by atoms with van der Waals surface area (Å²) in [5.74, 6) is -0.278. The zero-order valence-corrected chi connectivity index (χ0v) is 23.7. The Morgan fingerprint density at radius 1 is 0.949 bits per heavy atom. The summed E-state index contributed by atoms with van der Waals surface area (Å²) in [5, 5.41) is 2.78. The Hall–Kier alpha value is -3.41. The normalized spacial score (nSPS) is 14.2. The van der Waals surface area contributed by atoms with Gasteiger partial charge >= 0.3 is 0 Å². The minimum Gasteiger partial charge on any atom is -0.495 e. The molecule has 0 radical (unpaired) electrons. The third kappa shape index (κ3) is 6.60. The van der Waals surface area contributed by atoms with Crippen LogP contribution in [0.5, 0.6) is 5.75 Å². The molecule has 39 heavy (non-hydrogen) atoms. The number of sulfonamides is 2. The van der Waals surface area contributed by atoms with Gasteiger partial charge in [-0.05, 0) is 73.7 Å². The van der Waals surface area contributed by atoms with E-state index in [0.717, 1.165) is 28.3 Å². The van der Waals surface area contributed by atoms with Gasteiger partial charge in [-0.25, -0.2) is 16.8 Å². The Balaban J connectivity index is 1.44. The summed E-state index contributed by atoms with van der Waals surface area (Å²) in [5.41, 5.74) is 1.95. The molecule has 0 spiro atoms. The van der Waals surface area contributed by atoms with Crippen LogP contribution in [0.15, 0.2) is 82.6 Å². The van der Waals surface area contributed by atoms with E-state index in [0.29, 0.717) is 25.2 Å². The molecule has 1 saturated heterocycles. The van der Waals surface area contributed by atoms with E-state index in [1.807, 2.05) is 0 Å². The lowest BCUT2D eigenvalue weighted by Gasteiger charge is -2.25. The summed E-state index contributed by atoms with van der Waals surface area (Å²) in [6.45, 7) is 2.71. The molecule has 0 atom stereocenters. The van der Waals surface area contributed by atoms with Crippen LogP contribution >= 0.6 is 0 Å². The van der Waals surface area contributed by atoms with Crippen LogP contribution in [0.1, 0.15) is 24.0 Å². The summed E-state index contributed by atoms with van der Waals surface area (Å²) in [6, 6.07) is 20.0. The maximum Gasteiger partial charge on any atom is 0.268 e. The van der Waals surface area contributed by atoms with Crippen molar-refractivity contribution in [2.24, 2.45) is 0 Å². The first-order chi connectivity index (χ1) is 18.6. The maximum absolute atomic E-state index is 13.7. The number of methoxy groups -OCH3 is 1. The minimum absolute atomic E-state index is 0.0226. The van der Waals surface area contributed by atoms with Crippen molar-refractivity contribution < 1.29 is 26.4 Å². The third-order valence-electron chi connectivity index (χ3n) is 6.58. The second-order valence-corrected chi connectivity index (χ2v) is 13.1. The predicted molar refractivity (Wildman–Crippen MR) is 150 cm³/mol. The number of anilines is 1. The Kier molecular flexibility index (Phi) is 8.94. The van der Waals surface area contributed by atoms with Crippen LogP contribution in [0.3, 0.4) is 0 Å². The second kappa shape index (κ2) is 12.2. The highest BCUT2D eigenvalue weighted by Gasteiger charge is 2.30. The summed E-state index contributed by atoms with van der Waals surface area (Å²) in [6.07, 6.45) is 2.21. The summed E-state index contributed by atoms with van der Waals surface area (Å²) >= 11 is 0. The molecule has 3 aromatic rings. The smallest absolute Gasteiger partial charge is 0.268 e. The number of amides is 1. The number of carbonyl (C=O) groups is 1. The maximum atomic E-state index is 13.7. The quantitative estimate of drug-likeness (QED) is 0.378. The molecule has 0 aliphatic carbocycles. The molecule has 208 valence electrons. The fourth-order valence-corrected chi connectivity index (χ4v) is 7.63. The van der Waals surface area contributed by atoms with Crippen molar-refractivity contribution in [1.29, 1.82) is 0 Å². The lowest BCUT2D eigenvalue weighted by molar-refractivity contribution is -0.119. The molecule has 9 nitrogen and oxygen atoms in total. The molecule has 1 fully saturated rings. The topological polar surface area (TPSA) is 113 Å². The number of hydrogen-bond acceptors (Lipinski definition) is 6. The summed E-state index contributed by atoms with van der Waals surface area (Å²) in [7, 11) is -6.21. The Morgan fingerprint density at radius 2 is 1.62 bits per heavy atom. The van der Waals surface area contributed by atoms with Crippen LogP contribution in [0.2, 0.25) is 0 Å². The molecule has 1 aliphatic heterocycles. The van der Waals surface area contributed by atoms with Crippen LogP contribution in [0, 0.1) is 6.92 Å². The van der Waals surface area contributed by atoms with Gasteiger partial charge in [0.05, 0.1) is 17.7 Å². The summed E-state index contributed by atoms with van der Waals surface area (Å²) in [4.78, 5) is 13.2. The van der Waals surface area contributed by atoms with Crippen LogP contribution < -0.4 is 14.4 Å². The van der Waals surface area contributed by atoms with Crippen LogP contribution in [0.4, 0.5) is 5.69 Å². The molecule has 0 unspecified atom stereocenters. The number of rotatable bonds is 11. The highest BCUT2D eigenvalue weighted by molar-refractivity contribution is 7.93. The molecule has 0 bridgehead atoms. The van der Waals surface area contributed by atoms with Crippen molar-refractivity contribution in [3.05, 3.63) is 83.9 Å². The zero-order chi connectivity index (χ0) is 28.0. The Bertz CT molecular complexity index is 1500. The van der Waals surface area contributed by atoms with Gasteiger partial charge in [-0.3, -0.25) is 9.10 Å². The first-order valence-corrected chi connectivity index (χ1v) is 15.6. The van der Waals surface area contributed by atoms with E-state index < -0.39 is 32.5 Å². The van der Waals surface area contributed by atoms with Gasteiger partial charge in [-0.15, -0.1) is 0 Å². The molecule has 1 amide bonds.